The molecule has 0 aliphatic carbocycles. The van der Waals surface area contributed by atoms with Crippen molar-refractivity contribution in [1.29, 1.82) is 0 Å². The van der Waals surface area contributed by atoms with Crippen LogP contribution in [0.2, 0.25) is 0 Å². The molecule has 0 aliphatic rings. The van der Waals surface area contributed by atoms with Gasteiger partial charge in [-0.3, -0.25) is 0 Å². The molecule has 128 valence electrons. The van der Waals surface area contributed by atoms with Gasteiger partial charge < -0.3 is 0 Å². The van der Waals surface area contributed by atoms with Gasteiger partial charge in [-0.05, 0) is 68.7 Å². The van der Waals surface area contributed by atoms with Crippen molar-refractivity contribution in [3.63, 3.8) is 0 Å². The summed E-state index contributed by atoms with van der Waals surface area (Å²) >= 11 is 8.94. The Morgan fingerprint density at radius 2 is 1.13 bits per heavy atom. The van der Waals surface area contributed by atoms with Crippen molar-refractivity contribution < 1.29 is 0 Å². The lowest BCUT2D eigenvalue weighted by molar-refractivity contribution is 0.649. The molecule has 2 aromatic rings. The fourth-order valence-electron chi connectivity index (χ4n) is 3.01. The first-order chi connectivity index (χ1) is 11.2. The van der Waals surface area contributed by atoms with Crippen molar-refractivity contribution in [1.82, 2.24) is 8.75 Å². The van der Waals surface area contributed by atoms with Crippen LogP contribution in [0.5, 0.6) is 0 Å². The number of benzene rings is 1. The molecule has 2 nitrogen and oxygen atoms in total. The van der Waals surface area contributed by atoms with E-state index in [9.17, 15) is 0 Å². The van der Waals surface area contributed by atoms with Crippen LogP contribution in [0, 0.1) is 0 Å². The van der Waals surface area contributed by atoms with E-state index in [1.165, 1.54) is 83.2 Å². The number of hydrogen-bond acceptors (Lipinski definition) is 3. The minimum atomic E-state index is 1.02. The SMILES string of the molecule is CCCCCCc1c(CCCCCC)c(Br)c2nsnc2c1Br. The van der Waals surface area contributed by atoms with Crippen LogP contribution in [0.15, 0.2) is 8.95 Å². The van der Waals surface area contributed by atoms with E-state index in [0.29, 0.717) is 0 Å². The minimum absolute atomic E-state index is 1.02. The van der Waals surface area contributed by atoms with Gasteiger partial charge in [-0.2, -0.15) is 8.75 Å². The molecule has 0 spiro atoms. The van der Waals surface area contributed by atoms with Crippen LogP contribution in [0.3, 0.4) is 0 Å². The highest BCUT2D eigenvalue weighted by Gasteiger charge is 2.19. The van der Waals surface area contributed by atoms with Gasteiger partial charge in [-0.15, -0.1) is 0 Å². The van der Waals surface area contributed by atoms with E-state index < -0.39 is 0 Å². The van der Waals surface area contributed by atoms with Crippen LogP contribution in [0.25, 0.3) is 11.0 Å². The number of unbranched alkanes of at least 4 members (excludes halogenated alkanes) is 6. The highest BCUT2D eigenvalue weighted by molar-refractivity contribution is 9.11. The Kier molecular flexibility index (Phi) is 8.48. The monoisotopic (exact) mass is 460 g/mol. The van der Waals surface area contributed by atoms with Crippen LogP contribution < -0.4 is 0 Å². The maximum atomic E-state index is 4.49. The van der Waals surface area contributed by atoms with Crippen molar-refractivity contribution in [2.75, 3.05) is 0 Å². The highest BCUT2D eigenvalue weighted by Crippen LogP contribution is 2.38. The van der Waals surface area contributed by atoms with Gasteiger partial charge in [0.1, 0.15) is 11.0 Å². The fraction of sp³-hybridized carbons (Fsp3) is 0.667. The average molecular weight is 462 g/mol. The van der Waals surface area contributed by atoms with E-state index in [0.717, 1.165) is 23.9 Å². The summed E-state index contributed by atoms with van der Waals surface area (Å²) in [6, 6.07) is 0. The van der Waals surface area contributed by atoms with Crippen molar-refractivity contribution in [3.8, 4) is 0 Å². The summed E-state index contributed by atoms with van der Waals surface area (Å²) in [5.41, 5.74) is 4.93. The summed E-state index contributed by atoms with van der Waals surface area (Å²) in [5.74, 6) is 0. The summed E-state index contributed by atoms with van der Waals surface area (Å²) in [6.45, 7) is 4.53. The van der Waals surface area contributed by atoms with E-state index in [1.54, 1.807) is 0 Å². The van der Waals surface area contributed by atoms with Gasteiger partial charge in [-0.1, -0.05) is 52.4 Å². The van der Waals surface area contributed by atoms with Crippen LogP contribution in [0.4, 0.5) is 0 Å². The molecule has 0 saturated carbocycles. The molecule has 0 fully saturated rings. The lowest BCUT2D eigenvalue weighted by Crippen LogP contribution is -2.00. The van der Waals surface area contributed by atoms with E-state index in [-0.39, 0.29) is 0 Å². The van der Waals surface area contributed by atoms with Crippen molar-refractivity contribution in [2.24, 2.45) is 0 Å². The zero-order valence-corrected chi connectivity index (χ0v) is 18.1. The third-order valence-electron chi connectivity index (χ3n) is 4.36. The second kappa shape index (κ2) is 10.1. The number of fused-ring (bicyclic) bond motifs is 1. The maximum absolute atomic E-state index is 4.49. The third kappa shape index (κ3) is 4.99. The summed E-state index contributed by atoms with van der Waals surface area (Å²) in [4.78, 5) is 0. The topological polar surface area (TPSA) is 25.8 Å². The Morgan fingerprint density at radius 1 is 0.696 bits per heavy atom. The lowest BCUT2D eigenvalue weighted by Gasteiger charge is -2.15. The van der Waals surface area contributed by atoms with Crippen molar-refractivity contribution in [3.05, 3.63) is 20.1 Å². The van der Waals surface area contributed by atoms with Crippen LogP contribution in [-0.4, -0.2) is 8.75 Å². The lowest BCUT2D eigenvalue weighted by atomic mass is 9.96. The molecule has 0 bridgehead atoms. The van der Waals surface area contributed by atoms with Gasteiger partial charge in [0.25, 0.3) is 0 Å². The van der Waals surface area contributed by atoms with Crippen LogP contribution in [0.1, 0.15) is 76.3 Å². The molecule has 0 N–H and O–H groups in total. The van der Waals surface area contributed by atoms with E-state index in [1.807, 2.05) is 0 Å². The minimum Gasteiger partial charge on any atom is -0.172 e. The molecule has 0 saturated heterocycles. The number of halogens is 2. The smallest absolute Gasteiger partial charge is 0.120 e. The quantitative estimate of drug-likeness (QED) is 0.343. The zero-order valence-electron chi connectivity index (χ0n) is 14.1. The van der Waals surface area contributed by atoms with E-state index in [4.69, 9.17) is 0 Å². The highest BCUT2D eigenvalue weighted by atomic mass is 79.9. The first-order valence-electron chi connectivity index (χ1n) is 8.81. The molecule has 0 unspecified atom stereocenters. The van der Waals surface area contributed by atoms with Gasteiger partial charge in [0.2, 0.25) is 0 Å². The first-order valence-corrected chi connectivity index (χ1v) is 11.1. The van der Waals surface area contributed by atoms with Gasteiger partial charge in [0, 0.05) is 0 Å². The Labute approximate surface area is 161 Å². The molecular formula is C18H26Br2N2S. The van der Waals surface area contributed by atoms with Gasteiger partial charge in [0.05, 0.1) is 20.7 Å². The summed E-state index contributed by atoms with van der Waals surface area (Å²) in [5, 5.41) is 0. The number of nitrogens with zero attached hydrogens (tertiary/aromatic N) is 2. The molecular weight excluding hydrogens is 436 g/mol. The van der Waals surface area contributed by atoms with Crippen LogP contribution >= 0.6 is 43.6 Å². The number of aromatic nitrogens is 2. The normalized spacial score (nSPS) is 11.5. The molecule has 0 amide bonds. The summed E-state index contributed by atoms with van der Waals surface area (Å²) < 4.78 is 11.3. The van der Waals surface area contributed by atoms with E-state index in [2.05, 4.69) is 54.5 Å². The van der Waals surface area contributed by atoms with E-state index >= 15 is 0 Å². The van der Waals surface area contributed by atoms with Crippen molar-refractivity contribution >= 4 is 54.6 Å². The first kappa shape index (κ1) is 19.3. The number of rotatable bonds is 10. The molecule has 0 atom stereocenters. The Hall–Kier alpha value is -0.000000000000000111. The molecule has 1 aromatic heterocycles. The standard InChI is InChI=1S/C18H26Br2N2S/c1-3-5-7-9-11-13-14(12-10-8-6-4-2)16(20)18-17(15(13)19)21-23-22-18/h3-12H2,1-2H3. The second-order valence-corrected chi connectivity index (χ2v) is 8.28. The molecule has 0 aliphatic heterocycles. The predicted molar refractivity (Wildman–Crippen MR) is 109 cm³/mol. The molecule has 1 heterocycles. The zero-order chi connectivity index (χ0) is 16.7. The predicted octanol–water partition coefficient (Wildman–Crippen LogP) is 7.46. The second-order valence-electron chi connectivity index (χ2n) is 6.17. The Morgan fingerprint density at radius 3 is 1.52 bits per heavy atom. The summed E-state index contributed by atoms with van der Waals surface area (Å²) in [6.07, 6.45) is 12.6. The molecule has 5 heteroatoms. The molecule has 2 rings (SSSR count). The van der Waals surface area contributed by atoms with Gasteiger partial charge in [-0.25, -0.2) is 0 Å². The van der Waals surface area contributed by atoms with Crippen LogP contribution in [-0.2, 0) is 12.8 Å². The third-order valence-corrected chi connectivity index (χ3v) is 6.60. The maximum Gasteiger partial charge on any atom is 0.120 e. The van der Waals surface area contributed by atoms with Crippen molar-refractivity contribution in [2.45, 2.75) is 78.1 Å². The largest absolute Gasteiger partial charge is 0.172 e. The Bertz CT molecular complexity index is 573. The summed E-state index contributed by atoms with van der Waals surface area (Å²) in [7, 11) is 0. The molecule has 23 heavy (non-hydrogen) atoms. The Balaban J connectivity index is 2.25. The molecule has 0 radical (unpaired) electrons. The van der Waals surface area contributed by atoms with Gasteiger partial charge in [0.15, 0.2) is 0 Å². The molecule has 1 aromatic carbocycles. The van der Waals surface area contributed by atoms with Gasteiger partial charge >= 0.3 is 0 Å². The fourth-order valence-corrected chi connectivity index (χ4v) is 5.23. The average Bonchev–Trinajstić information content (AvgIpc) is 3.04. The number of hydrogen-bond donors (Lipinski definition) is 0.